The molecule has 1 aromatic rings. The minimum absolute atomic E-state index is 0.0658. The fourth-order valence-corrected chi connectivity index (χ4v) is 4.15. The Kier molecular flexibility index (Phi) is 9.90. The van der Waals surface area contributed by atoms with Crippen molar-refractivity contribution in [3.63, 3.8) is 0 Å². The molecule has 0 radical (unpaired) electrons. The molecule has 0 unspecified atom stereocenters. The minimum atomic E-state index is -0.253. The van der Waals surface area contributed by atoms with Gasteiger partial charge in [0, 0.05) is 51.5 Å². The molecular formula is C24H39N3O5. The van der Waals surface area contributed by atoms with E-state index in [2.05, 4.69) is 29.0 Å². The number of likely N-dealkylation sites (tertiary alicyclic amines) is 1. The molecule has 0 atom stereocenters. The van der Waals surface area contributed by atoms with Gasteiger partial charge in [-0.25, -0.2) is 4.98 Å². The lowest BCUT2D eigenvalue weighted by molar-refractivity contribution is -0.146. The van der Waals surface area contributed by atoms with Crippen LogP contribution in [0.15, 0.2) is 24.4 Å². The molecule has 2 fully saturated rings. The molecule has 1 amide bonds. The summed E-state index contributed by atoms with van der Waals surface area (Å²) in [4.78, 5) is 29.6. The Morgan fingerprint density at radius 1 is 1.25 bits per heavy atom. The molecule has 3 rings (SSSR count). The number of methoxy groups -OCH3 is 2. The summed E-state index contributed by atoms with van der Waals surface area (Å²) in [7, 11) is 3.36. The van der Waals surface area contributed by atoms with Crippen molar-refractivity contribution in [2.45, 2.75) is 52.1 Å². The Bertz CT molecular complexity index is 712. The Labute approximate surface area is 192 Å². The van der Waals surface area contributed by atoms with Crippen LogP contribution in [0.25, 0.3) is 0 Å². The van der Waals surface area contributed by atoms with Gasteiger partial charge in [0.05, 0.1) is 25.7 Å². The second kappa shape index (κ2) is 12.2. The van der Waals surface area contributed by atoms with Gasteiger partial charge in [0.2, 0.25) is 11.8 Å². The van der Waals surface area contributed by atoms with E-state index in [9.17, 15) is 9.59 Å². The molecule has 180 valence electrons. The van der Waals surface area contributed by atoms with Gasteiger partial charge in [-0.15, -0.1) is 0 Å². The van der Waals surface area contributed by atoms with Crippen LogP contribution < -0.4 is 10.1 Å². The van der Waals surface area contributed by atoms with E-state index in [1.807, 2.05) is 12.1 Å². The Morgan fingerprint density at radius 2 is 1.97 bits per heavy atom. The highest BCUT2D eigenvalue weighted by molar-refractivity contribution is 5.80. The molecule has 0 bridgehead atoms. The number of rotatable bonds is 10. The number of carbonyl (C=O) groups excluding carboxylic acids is 2. The monoisotopic (exact) mass is 449 g/mol. The summed E-state index contributed by atoms with van der Waals surface area (Å²) in [6.45, 7) is 10.0. The van der Waals surface area contributed by atoms with E-state index >= 15 is 0 Å². The number of carbonyl (C=O) groups is 2. The summed E-state index contributed by atoms with van der Waals surface area (Å²) >= 11 is 0. The van der Waals surface area contributed by atoms with Gasteiger partial charge in [-0.1, -0.05) is 6.07 Å². The van der Waals surface area contributed by atoms with E-state index in [1.54, 1.807) is 33.4 Å². The third-order valence-electron chi connectivity index (χ3n) is 6.21. The highest BCUT2D eigenvalue weighted by Gasteiger charge is 2.54. The third kappa shape index (κ3) is 8.06. The Hall–Kier alpha value is -2.19. The predicted octanol–water partition coefficient (Wildman–Crippen LogP) is 2.67. The largest absolute Gasteiger partial charge is 0.481 e. The molecule has 32 heavy (non-hydrogen) atoms. The van der Waals surface area contributed by atoms with E-state index < -0.39 is 0 Å². The average Bonchev–Trinajstić information content (AvgIpc) is 2.72. The van der Waals surface area contributed by atoms with Gasteiger partial charge in [0.15, 0.2) is 0 Å². The molecule has 1 aliphatic heterocycles. The number of pyridine rings is 1. The van der Waals surface area contributed by atoms with Gasteiger partial charge in [-0.2, -0.15) is 0 Å². The van der Waals surface area contributed by atoms with Crippen LogP contribution in [0.3, 0.4) is 0 Å². The number of ether oxygens (including phenoxy) is 3. The van der Waals surface area contributed by atoms with Crippen molar-refractivity contribution in [2.75, 3.05) is 47.0 Å². The number of nitrogens with zero attached hydrogens (tertiary/aromatic N) is 2. The number of esters is 1. The summed E-state index contributed by atoms with van der Waals surface area (Å²) in [6, 6.07) is 5.54. The van der Waals surface area contributed by atoms with Crippen molar-refractivity contribution in [2.24, 2.45) is 11.3 Å². The maximum Gasteiger partial charge on any atom is 0.307 e. The van der Waals surface area contributed by atoms with Crippen LogP contribution in [0.1, 0.15) is 46.5 Å². The van der Waals surface area contributed by atoms with Gasteiger partial charge >= 0.3 is 5.97 Å². The highest BCUT2D eigenvalue weighted by atomic mass is 16.5. The molecule has 2 aliphatic rings. The first-order valence-electron chi connectivity index (χ1n) is 11.4. The van der Waals surface area contributed by atoms with Crippen molar-refractivity contribution in [3.8, 4) is 5.88 Å². The number of hydrogen-bond acceptors (Lipinski definition) is 7. The molecule has 8 nitrogen and oxygen atoms in total. The van der Waals surface area contributed by atoms with E-state index in [0.717, 1.165) is 38.9 Å². The molecule has 8 heteroatoms. The van der Waals surface area contributed by atoms with Gasteiger partial charge in [0.1, 0.15) is 0 Å². The quantitative estimate of drug-likeness (QED) is 0.549. The van der Waals surface area contributed by atoms with E-state index in [1.165, 1.54) is 0 Å². The summed E-state index contributed by atoms with van der Waals surface area (Å²) < 4.78 is 15.1. The van der Waals surface area contributed by atoms with Gasteiger partial charge in [0.25, 0.3) is 0 Å². The number of hydrogen-bond donors (Lipinski definition) is 1. The highest BCUT2D eigenvalue weighted by Crippen LogP contribution is 2.52. The zero-order valence-electron chi connectivity index (χ0n) is 20.2. The van der Waals surface area contributed by atoms with Gasteiger partial charge < -0.3 is 24.4 Å². The number of amides is 1. The van der Waals surface area contributed by atoms with Crippen molar-refractivity contribution >= 4 is 11.9 Å². The molecule has 1 saturated heterocycles. The first-order chi connectivity index (χ1) is 15.2. The standard InChI is InChI=1S/C18H32N2O4.C6H7NO/c1-5-24-15(21)6-8-19-16(22)14-10-18(11-14)12-20(13-18)9-7-17(2,3)23-4;1-8-6-4-2-3-5-7-6/h14H,5-13H2,1-4H3,(H,19,22);2-5H,1H3. The van der Waals surface area contributed by atoms with Crippen LogP contribution in [0.4, 0.5) is 0 Å². The van der Waals surface area contributed by atoms with Crippen molar-refractivity contribution in [3.05, 3.63) is 24.4 Å². The van der Waals surface area contributed by atoms with Gasteiger partial charge in [-0.05, 0) is 51.5 Å². The molecule has 1 aliphatic carbocycles. The molecule has 0 aromatic carbocycles. The van der Waals surface area contributed by atoms with E-state index in [0.29, 0.717) is 24.4 Å². The molecule has 1 aromatic heterocycles. The van der Waals surface area contributed by atoms with Crippen molar-refractivity contribution in [1.82, 2.24) is 15.2 Å². The lowest BCUT2D eigenvalue weighted by atomic mass is 9.57. The second-order valence-corrected chi connectivity index (χ2v) is 9.25. The topological polar surface area (TPSA) is 90.0 Å². The van der Waals surface area contributed by atoms with E-state index in [-0.39, 0.29) is 29.8 Å². The van der Waals surface area contributed by atoms with Crippen LogP contribution in [0.2, 0.25) is 0 Å². The molecule has 2 heterocycles. The third-order valence-corrected chi connectivity index (χ3v) is 6.21. The zero-order chi connectivity index (χ0) is 23.6. The summed E-state index contributed by atoms with van der Waals surface area (Å²) in [6.07, 6.45) is 4.92. The second-order valence-electron chi connectivity index (χ2n) is 9.25. The number of nitrogens with one attached hydrogen (secondary N) is 1. The molecular weight excluding hydrogens is 410 g/mol. The Balaban J connectivity index is 0.000000380. The van der Waals surface area contributed by atoms with Crippen molar-refractivity contribution < 1.29 is 23.8 Å². The summed E-state index contributed by atoms with van der Waals surface area (Å²) in [5, 5.41) is 2.85. The predicted molar refractivity (Wildman–Crippen MR) is 122 cm³/mol. The maximum absolute atomic E-state index is 12.1. The molecule has 1 spiro atoms. The van der Waals surface area contributed by atoms with Crippen LogP contribution in [0, 0.1) is 11.3 Å². The normalized spacial score (nSPS) is 17.4. The van der Waals surface area contributed by atoms with Crippen LogP contribution in [0.5, 0.6) is 5.88 Å². The molecule has 1 N–H and O–H groups in total. The molecule has 1 saturated carbocycles. The summed E-state index contributed by atoms with van der Waals surface area (Å²) in [5.74, 6) is 0.609. The zero-order valence-corrected chi connectivity index (χ0v) is 20.2. The summed E-state index contributed by atoms with van der Waals surface area (Å²) in [5.41, 5.74) is 0.296. The minimum Gasteiger partial charge on any atom is -0.481 e. The smallest absolute Gasteiger partial charge is 0.307 e. The Morgan fingerprint density at radius 3 is 2.50 bits per heavy atom. The lowest BCUT2D eigenvalue weighted by Crippen LogP contribution is -2.64. The lowest BCUT2D eigenvalue weighted by Gasteiger charge is -2.59. The maximum atomic E-state index is 12.1. The fourth-order valence-electron chi connectivity index (χ4n) is 4.15. The number of aromatic nitrogens is 1. The first-order valence-corrected chi connectivity index (χ1v) is 11.4. The van der Waals surface area contributed by atoms with Gasteiger partial charge in [-0.3, -0.25) is 9.59 Å². The van der Waals surface area contributed by atoms with Crippen LogP contribution >= 0.6 is 0 Å². The van der Waals surface area contributed by atoms with Crippen LogP contribution in [-0.2, 0) is 19.1 Å². The SMILES string of the molecule is CCOC(=O)CCNC(=O)C1CC2(C1)CN(CCC(C)(C)OC)C2.COc1ccccn1. The first kappa shape index (κ1) is 26.1. The average molecular weight is 450 g/mol. The fraction of sp³-hybridized carbons (Fsp3) is 0.708. The van der Waals surface area contributed by atoms with E-state index in [4.69, 9.17) is 14.2 Å². The van der Waals surface area contributed by atoms with Crippen LogP contribution in [-0.4, -0.2) is 74.4 Å². The van der Waals surface area contributed by atoms with Crippen molar-refractivity contribution in [1.29, 1.82) is 0 Å².